The number of phenols is 1. The quantitative estimate of drug-likeness (QED) is 0.765. The smallest absolute Gasteiger partial charge is 0.323 e. The van der Waals surface area contributed by atoms with Gasteiger partial charge in [-0.25, -0.2) is 0 Å². The minimum Gasteiger partial charge on any atom is -0.508 e. The van der Waals surface area contributed by atoms with Crippen LogP contribution < -0.4 is 5.32 Å². The summed E-state index contributed by atoms with van der Waals surface area (Å²) in [6.07, 6.45) is 0. The number of ether oxygens (including phenoxy) is 1. The highest BCUT2D eigenvalue weighted by molar-refractivity contribution is 5.75. The van der Waals surface area contributed by atoms with Crippen molar-refractivity contribution < 1.29 is 14.6 Å². The molecule has 0 unspecified atom stereocenters. The zero-order chi connectivity index (χ0) is 12.8. The Morgan fingerprint density at radius 2 is 2.06 bits per heavy atom. The number of rotatable bonds is 5. The van der Waals surface area contributed by atoms with Crippen LogP contribution in [0.1, 0.15) is 19.4 Å². The number of esters is 1. The van der Waals surface area contributed by atoms with Gasteiger partial charge >= 0.3 is 5.97 Å². The SMILES string of the molecule is COC(=O)[C@@H](NCc1ccccc1O)C(C)C. The molecule has 0 saturated heterocycles. The van der Waals surface area contributed by atoms with Gasteiger partial charge in [0.05, 0.1) is 7.11 Å². The van der Waals surface area contributed by atoms with Crippen molar-refractivity contribution in [3.63, 3.8) is 0 Å². The van der Waals surface area contributed by atoms with Gasteiger partial charge in [-0.2, -0.15) is 0 Å². The third-order valence-corrected chi connectivity index (χ3v) is 2.63. The molecule has 17 heavy (non-hydrogen) atoms. The minimum atomic E-state index is -0.361. The van der Waals surface area contributed by atoms with E-state index in [1.807, 2.05) is 26.0 Å². The van der Waals surface area contributed by atoms with Crippen molar-refractivity contribution in [2.75, 3.05) is 7.11 Å². The number of benzene rings is 1. The van der Waals surface area contributed by atoms with Gasteiger partial charge in [-0.15, -0.1) is 0 Å². The second kappa shape index (κ2) is 6.25. The molecule has 2 N–H and O–H groups in total. The number of hydrogen-bond acceptors (Lipinski definition) is 4. The minimum absolute atomic E-state index is 0.133. The number of carbonyl (C=O) groups is 1. The molecule has 0 saturated carbocycles. The molecular weight excluding hydrogens is 218 g/mol. The van der Waals surface area contributed by atoms with Crippen LogP contribution in [0.5, 0.6) is 5.75 Å². The fraction of sp³-hybridized carbons (Fsp3) is 0.462. The number of methoxy groups -OCH3 is 1. The lowest BCUT2D eigenvalue weighted by molar-refractivity contribution is -0.144. The first-order valence-corrected chi connectivity index (χ1v) is 5.64. The third-order valence-electron chi connectivity index (χ3n) is 2.63. The maximum absolute atomic E-state index is 11.5. The summed E-state index contributed by atoms with van der Waals surface area (Å²) >= 11 is 0. The van der Waals surface area contributed by atoms with Crippen molar-refractivity contribution >= 4 is 5.97 Å². The van der Waals surface area contributed by atoms with Gasteiger partial charge in [0, 0.05) is 12.1 Å². The topological polar surface area (TPSA) is 58.6 Å². The molecule has 0 amide bonds. The first kappa shape index (κ1) is 13.5. The standard InChI is InChI=1S/C13H19NO3/c1-9(2)12(13(16)17-3)14-8-10-6-4-5-7-11(10)15/h4-7,9,12,14-15H,8H2,1-3H3/t12-/m0/s1. The van der Waals surface area contributed by atoms with Crippen molar-refractivity contribution in [3.05, 3.63) is 29.8 Å². The first-order chi connectivity index (χ1) is 8.06. The Labute approximate surface area is 102 Å². The summed E-state index contributed by atoms with van der Waals surface area (Å²) in [5.41, 5.74) is 0.766. The van der Waals surface area contributed by atoms with E-state index in [0.29, 0.717) is 6.54 Å². The Bertz CT molecular complexity index is 377. The summed E-state index contributed by atoms with van der Waals surface area (Å²) in [4.78, 5) is 11.5. The highest BCUT2D eigenvalue weighted by Crippen LogP contribution is 2.16. The van der Waals surface area contributed by atoms with E-state index >= 15 is 0 Å². The summed E-state index contributed by atoms with van der Waals surface area (Å²) in [5.74, 6) is 0.0797. The molecule has 0 fully saturated rings. The van der Waals surface area contributed by atoms with Crippen LogP contribution in [-0.4, -0.2) is 24.2 Å². The van der Waals surface area contributed by atoms with Crippen molar-refractivity contribution in [1.29, 1.82) is 0 Å². The molecule has 0 aliphatic heterocycles. The van der Waals surface area contributed by atoms with Gasteiger partial charge in [0.25, 0.3) is 0 Å². The van der Waals surface area contributed by atoms with Crippen LogP contribution >= 0.6 is 0 Å². The van der Waals surface area contributed by atoms with Crippen LogP contribution in [0, 0.1) is 5.92 Å². The number of para-hydroxylation sites is 1. The number of phenolic OH excluding ortho intramolecular Hbond substituents is 1. The maximum Gasteiger partial charge on any atom is 0.323 e. The number of carbonyl (C=O) groups excluding carboxylic acids is 1. The van der Waals surface area contributed by atoms with E-state index < -0.39 is 0 Å². The lowest BCUT2D eigenvalue weighted by Gasteiger charge is -2.20. The number of hydrogen-bond donors (Lipinski definition) is 2. The molecule has 1 aromatic rings. The summed E-state index contributed by atoms with van der Waals surface area (Å²) in [7, 11) is 1.37. The monoisotopic (exact) mass is 237 g/mol. The third kappa shape index (κ3) is 3.75. The van der Waals surface area contributed by atoms with Gasteiger partial charge in [-0.05, 0) is 12.0 Å². The van der Waals surface area contributed by atoms with Crippen LogP contribution in [0.25, 0.3) is 0 Å². The fourth-order valence-electron chi connectivity index (χ4n) is 1.60. The summed E-state index contributed by atoms with van der Waals surface area (Å²) in [5, 5.41) is 12.7. The highest BCUT2D eigenvalue weighted by Gasteiger charge is 2.22. The highest BCUT2D eigenvalue weighted by atomic mass is 16.5. The van der Waals surface area contributed by atoms with E-state index in [1.54, 1.807) is 12.1 Å². The molecular formula is C13H19NO3. The molecule has 0 aliphatic carbocycles. The van der Waals surface area contributed by atoms with Gasteiger partial charge in [0.2, 0.25) is 0 Å². The predicted octanol–water partition coefficient (Wildman–Crippen LogP) is 1.68. The summed E-state index contributed by atoms with van der Waals surface area (Å²) < 4.78 is 4.73. The molecule has 1 aromatic carbocycles. The normalized spacial score (nSPS) is 12.5. The predicted molar refractivity (Wildman–Crippen MR) is 65.6 cm³/mol. The van der Waals surface area contributed by atoms with Gasteiger partial charge < -0.3 is 9.84 Å². The molecule has 0 radical (unpaired) electrons. The number of aromatic hydroxyl groups is 1. The Morgan fingerprint density at radius 3 is 2.59 bits per heavy atom. The largest absolute Gasteiger partial charge is 0.508 e. The van der Waals surface area contributed by atoms with Crippen LogP contribution in [0.15, 0.2) is 24.3 Å². The molecule has 1 rings (SSSR count). The molecule has 0 aliphatic rings. The average molecular weight is 237 g/mol. The van der Waals surface area contributed by atoms with E-state index in [9.17, 15) is 9.90 Å². The van der Waals surface area contributed by atoms with Crippen LogP contribution in [-0.2, 0) is 16.1 Å². The van der Waals surface area contributed by atoms with E-state index in [2.05, 4.69) is 5.32 Å². The Balaban J connectivity index is 2.64. The molecule has 4 heteroatoms. The summed E-state index contributed by atoms with van der Waals surface area (Å²) in [6, 6.07) is 6.69. The Kier molecular flexibility index (Phi) is 4.97. The van der Waals surface area contributed by atoms with Gasteiger partial charge in [0.1, 0.15) is 11.8 Å². The second-order valence-corrected chi connectivity index (χ2v) is 4.25. The average Bonchev–Trinajstić information content (AvgIpc) is 2.30. The van der Waals surface area contributed by atoms with Crippen LogP contribution in [0.4, 0.5) is 0 Å². The van der Waals surface area contributed by atoms with Gasteiger partial charge in [0.15, 0.2) is 0 Å². The van der Waals surface area contributed by atoms with E-state index in [4.69, 9.17) is 4.74 Å². The molecule has 0 spiro atoms. The molecule has 0 aromatic heterocycles. The van der Waals surface area contributed by atoms with Crippen molar-refractivity contribution in [2.24, 2.45) is 5.92 Å². The van der Waals surface area contributed by atoms with Crippen molar-refractivity contribution in [3.8, 4) is 5.75 Å². The Hall–Kier alpha value is -1.55. The van der Waals surface area contributed by atoms with E-state index in [1.165, 1.54) is 7.11 Å². The lowest BCUT2D eigenvalue weighted by Crippen LogP contribution is -2.41. The van der Waals surface area contributed by atoms with Gasteiger partial charge in [-0.1, -0.05) is 32.0 Å². The molecule has 0 bridgehead atoms. The molecule has 1 atom stereocenters. The van der Waals surface area contributed by atoms with Crippen LogP contribution in [0.2, 0.25) is 0 Å². The van der Waals surface area contributed by atoms with Gasteiger partial charge in [-0.3, -0.25) is 10.1 Å². The molecule has 4 nitrogen and oxygen atoms in total. The van der Waals surface area contributed by atoms with Crippen molar-refractivity contribution in [1.82, 2.24) is 5.32 Å². The zero-order valence-corrected chi connectivity index (χ0v) is 10.4. The van der Waals surface area contributed by atoms with Crippen molar-refractivity contribution in [2.45, 2.75) is 26.4 Å². The molecule has 94 valence electrons. The molecule has 0 heterocycles. The Morgan fingerprint density at radius 1 is 1.41 bits per heavy atom. The fourth-order valence-corrected chi connectivity index (χ4v) is 1.60. The maximum atomic E-state index is 11.5. The van der Waals surface area contributed by atoms with E-state index in [-0.39, 0.29) is 23.7 Å². The van der Waals surface area contributed by atoms with E-state index in [0.717, 1.165) is 5.56 Å². The zero-order valence-electron chi connectivity index (χ0n) is 10.4. The van der Waals surface area contributed by atoms with Crippen LogP contribution in [0.3, 0.4) is 0 Å². The summed E-state index contributed by atoms with van der Waals surface area (Å²) in [6.45, 7) is 4.32. The first-order valence-electron chi connectivity index (χ1n) is 5.64. The lowest BCUT2D eigenvalue weighted by atomic mass is 10.0. The number of nitrogens with one attached hydrogen (secondary N) is 1. The second-order valence-electron chi connectivity index (χ2n) is 4.25.